The molecule has 0 aromatic heterocycles. The second-order valence-corrected chi connectivity index (χ2v) is 6.72. The molecule has 2 unspecified atom stereocenters. The first-order valence-electron chi connectivity index (χ1n) is 8.04. The first kappa shape index (κ1) is 15.9. The predicted octanol–water partition coefficient (Wildman–Crippen LogP) is 4.57. The zero-order valence-electron chi connectivity index (χ0n) is 12.9. The molecule has 0 bridgehead atoms. The lowest BCUT2D eigenvalue weighted by Crippen LogP contribution is -2.27. The fourth-order valence-electron chi connectivity index (χ4n) is 3.85. The lowest BCUT2D eigenvalue weighted by molar-refractivity contribution is 0.290. The first-order valence-corrected chi connectivity index (χ1v) is 8.04. The molecule has 112 valence electrons. The topological polar surface area (TPSA) is 3.24 Å². The van der Waals surface area contributed by atoms with Crippen LogP contribution in [0.15, 0.2) is 24.3 Å². The molecule has 0 amide bonds. The summed E-state index contributed by atoms with van der Waals surface area (Å²) in [6, 6.07) is 9.30. The lowest BCUT2D eigenvalue weighted by Gasteiger charge is -2.21. The van der Waals surface area contributed by atoms with Gasteiger partial charge in [-0.05, 0) is 37.8 Å². The molecule has 1 aliphatic carbocycles. The highest BCUT2D eigenvalue weighted by Crippen LogP contribution is 2.58. The van der Waals surface area contributed by atoms with Crippen molar-refractivity contribution in [3.63, 3.8) is 0 Å². The molecule has 1 saturated heterocycles. The Hall–Kier alpha value is -0.530. The van der Waals surface area contributed by atoms with Gasteiger partial charge in [-0.3, -0.25) is 0 Å². The van der Waals surface area contributed by atoms with Crippen molar-refractivity contribution in [1.82, 2.24) is 4.90 Å². The maximum Gasteiger partial charge on any atom is 0.0124 e. The molecule has 2 fully saturated rings. The Morgan fingerprint density at radius 3 is 2.60 bits per heavy atom. The van der Waals surface area contributed by atoms with E-state index in [1.807, 2.05) is 0 Å². The highest BCUT2D eigenvalue weighted by atomic mass is 35.5. The predicted molar refractivity (Wildman–Crippen MR) is 88.8 cm³/mol. The van der Waals surface area contributed by atoms with Gasteiger partial charge in [0.1, 0.15) is 0 Å². The van der Waals surface area contributed by atoms with Crippen LogP contribution < -0.4 is 0 Å². The van der Waals surface area contributed by atoms with Crippen LogP contribution in [-0.2, 0) is 5.41 Å². The van der Waals surface area contributed by atoms with Gasteiger partial charge in [-0.15, -0.1) is 12.4 Å². The monoisotopic (exact) mass is 293 g/mol. The molecule has 2 atom stereocenters. The minimum Gasteiger partial charge on any atom is -0.302 e. The van der Waals surface area contributed by atoms with Crippen molar-refractivity contribution in [3.8, 4) is 0 Å². The zero-order valence-corrected chi connectivity index (χ0v) is 13.7. The number of halogens is 1. The lowest BCUT2D eigenvalue weighted by atomic mass is 9.94. The molecule has 1 saturated carbocycles. The molecular weight excluding hydrogens is 266 g/mol. The van der Waals surface area contributed by atoms with E-state index < -0.39 is 0 Å². The van der Waals surface area contributed by atoms with Crippen molar-refractivity contribution in [2.24, 2.45) is 5.92 Å². The second-order valence-electron chi connectivity index (χ2n) is 6.72. The van der Waals surface area contributed by atoms with Crippen LogP contribution in [0.3, 0.4) is 0 Å². The van der Waals surface area contributed by atoms with Crippen LogP contribution in [0, 0.1) is 12.8 Å². The summed E-state index contributed by atoms with van der Waals surface area (Å²) in [7, 11) is 0. The Morgan fingerprint density at radius 1 is 1.15 bits per heavy atom. The van der Waals surface area contributed by atoms with Gasteiger partial charge in [-0.25, -0.2) is 0 Å². The van der Waals surface area contributed by atoms with E-state index in [0.29, 0.717) is 5.41 Å². The maximum atomic E-state index is 2.71. The number of aryl methyl sites for hydroxylation is 1. The van der Waals surface area contributed by atoms with Gasteiger partial charge in [0.05, 0.1) is 0 Å². The molecule has 20 heavy (non-hydrogen) atoms. The number of likely N-dealkylation sites (tertiary alicyclic amines) is 1. The maximum absolute atomic E-state index is 2.71. The number of rotatable bonds is 6. The van der Waals surface area contributed by atoms with Crippen LogP contribution >= 0.6 is 12.4 Å². The van der Waals surface area contributed by atoms with Crippen LogP contribution in [0.1, 0.15) is 50.2 Å². The Balaban J connectivity index is 0.00000147. The molecule has 0 spiro atoms. The summed E-state index contributed by atoms with van der Waals surface area (Å²) in [6.07, 6.45) is 6.98. The Kier molecular flexibility index (Phi) is 5.14. The number of hydrogen-bond acceptors (Lipinski definition) is 1. The van der Waals surface area contributed by atoms with E-state index in [9.17, 15) is 0 Å². The Bertz CT molecular complexity index is 428. The molecule has 2 aliphatic rings. The molecule has 0 radical (unpaired) electrons. The second kappa shape index (κ2) is 6.49. The summed E-state index contributed by atoms with van der Waals surface area (Å²) in [6.45, 7) is 8.45. The molecule has 1 nitrogen and oxygen atoms in total. The fraction of sp³-hybridized carbons (Fsp3) is 0.667. The van der Waals surface area contributed by atoms with E-state index in [0.717, 1.165) is 5.92 Å². The van der Waals surface area contributed by atoms with Gasteiger partial charge in [0.2, 0.25) is 0 Å². The van der Waals surface area contributed by atoms with Gasteiger partial charge in [0, 0.05) is 18.5 Å². The van der Waals surface area contributed by atoms with Crippen LogP contribution in [-0.4, -0.2) is 24.5 Å². The standard InChI is InChI=1S/C18H27N.ClH/c1-3-4-5-6-11-19-13-17-12-18(17,14-19)16-9-7-15(2)8-10-16;/h7-10,17H,3-6,11-14H2,1-2H3;1H. The van der Waals surface area contributed by atoms with E-state index in [1.165, 1.54) is 57.3 Å². The zero-order chi connectivity index (χ0) is 13.3. The third-order valence-electron chi connectivity index (χ3n) is 5.17. The summed E-state index contributed by atoms with van der Waals surface area (Å²) >= 11 is 0. The van der Waals surface area contributed by atoms with Crippen LogP contribution in [0.2, 0.25) is 0 Å². The van der Waals surface area contributed by atoms with Gasteiger partial charge in [-0.1, -0.05) is 56.0 Å². The molecule has 3 rings (SSSR count). The highest BCUT2D eigenvalue weighted by molar-refractivity contribution is 5.85. The number of unbranched alkanes of at least 4 members (excludes halogenated alkanes) is 3. The van der Waals surface area contributed by atoms with Crippen molar-refractivity contribution in [2.45, 2.75) is 51.4 Å². The average molecular weight is 294 g/mol. The minimum absolute atomic E-state index is 0. The number of piperidine rings is 1. The van der Waals surface area contributed by atoms with E-state index in [2.05, 4.69) is 43.0 Å². The van der Waals surface area contributed by atoms with Gasteiger partial charge >= 0.3 is 0 Å². The Morgan fingerprint density at radius 2 is 1.90 bits per heavy atom. The van der Waals surface area contributed by atoms with E-state index in [1.54, 1.807) is 5.56 Å². The fourth-order valence-corrected chi connectivity index (χ4v) is 3.85. The molecule has 1 aromatic rings. The molecule has 0 N–H and O–H groups in total. The van der Waals surface area contributed by atoms with Gasteiger partial charge in [0.15, 0.2) is 0 Å². The van der Waals surface area contributed by atoms with E-state index >= 15 is 0 Å². The van der Waals surface area contributed by atoms with Crippen LogP contribution in [0.4, 0.5) is 0 Å². The van der Waals surface area contributed by atoms with Gasteiger partial charge in [-0.2, -0.15) is 0 Å². The third kappa shape index (κ3) is 3.04. The molecule has 2 heteroatoms. The van der Waals surface area contributed by atoms with Gasteiger partial charge in [0.25, 0.3) is 0 Å². The summed E-state index contributed by atoms with van der Waals surface area (Å²) in [4.78, 5) is 2.71. The number of benzene rings is 1. The number of nitrogens with zero attached hydrogens (tertiary/aromatic N) is 1. The van der Waals surface area contributed by atoms with E-state index in [4.69, 9.17) is 0 Å². The SMILES string of the molecule is CCCCCCN1CC2CC2(c2ccc(C)cc2)C1.Cl. The largest absolute Gasteiger partial charge is 0.302 e. The molecular formula is C18H28ClN. The van der Waals surface area contributed by atoms with E-state index in [-0.39, 0.29) is 12.4 Å². The summed E-state index contributed by atoms with van der Waals surface area (Å²) < 4.78 is 0. The molecule has 1 heterocycles. The van der Waals surface area contributed by atoms with Crippen molar-refractivity contribution in [2.75, 3.05) is 19.6 Å². The summed E-state index contributed by atoms with van der Waals surface area (Å²) in [5.74, 6) is 0.946. The smallest absolute Gasteiger partial charge is 0.0124 e. The number of fused-ring (bicyclic) bond motifs is 1. The van der Waals surface area contributed by atoms with Gasteiger partial charge < -0.3 is 4.90 Å². The first-order chi connectivity index (χ1) is 9.24. The van der Waals surface area contributed by atoms with Crippen LogP contribution in [0.5, 0.6) is 0 Å². The quantitative estimate of drug-likeness (QED) is 0.695. The minimum atomic E-state index is 0. The average Bonchev–Trinajstić information content (AvgIpc) is 2.99. The van der Waals surface area contributed by atoms with Crippen LogP contribution in [0.25, 0.3) is 0 Å². The summed E-state index contributed by atoms with van der Waals surface area (Å²) in [5.41, 5.74) is 3.52. The third-order valence-corrected chi connectivity index (χ3v) is 5.17. The van der Waals surface area contributed by atoms with Crippen molar-refractivity contribution in [3.05, 3.63) is 35.4 Å². The molecule has 1 aromatic carbocycles. The molecule has 1 aliphatic heterocycles. The normalized spacial score (nSPS) is 28.0. The highest BCUT2D eigenvalue weighted by Gasteiger charge is 2.60. The van der Waals surface area contributed by atoms with Crippen molar-refractivity contribution in [1.29, 1.82) is 0 Å². The van der Waals surface area contributed by atoms with Crippen molar-refractivity contribution < 1.29 is 0 Å². The Labute approximate surface area is 130 Å². The van der Waals surface area contributed by atoms with Crippen molar-refractivity contribution >= 4 is 12.4 Å². The number of hydrogen-bond donors (Lipinski definition) is 0. The summed E-state index contributed by atoms with van der Waals surface area (Å²) in [5, 5.41) is 0.